The molecule has 0 radical (unpaired) electrons. The van der Waals surface area contributed by atoms with Gasteiger partial charge in [-0.05, 0) is 40.0 Å². The van der Waals surface area contributed by atoms with Crippen LogP contribution in [0.5, 0.6) is 0 Å². The Labute approximate surface area is 112 Å². The molecule has 1 unspecified atom stereocenters. The summed E-state index contributed by atoms with van der Waals surface area (Å²) in [5, 5.41) is 0.248. The molecule has 4 nitrogen and oxygen atoms in total. The molecule has 0 aromatic heterocycles. The number of ether oxygens (including phenoxy) is 3. The number of carbonyl (C=O) groups excluding carboxylic acids is 1. The van der Waals surface area contributed by atoms with Crippen LogP contribution in [0.2, 0.25) is 0 Å². The van der Waals surface area contributed by atoms with Gasteiger partial charge >= 0.3 is 5.97 Å². The van der Waals surface area contributed by atoms with Gasteiger partial charge in [0.05, 0.1) is 6.10 Å². The zero-order valence-corrected chi connectivity index (χ0v) is 12.5. The lowest BCUT2D eigenvalue weighted by molar-refractivity contribution is -0.147. The first-order valence-electron chi connectivity index (χ1n) is 6.12. The van der Waals surface area contributed by atoms with Gasteiger partial charge in [-0.25, -0.2) is 0 Å². The van der Waals surface area contributed by atoms with Gasteiger partial charge in [0.15, 0.2) is 6.29 Å². The predicted molar refractivity (Wildman–Crippen MR) is 70.2 cm³/mol. The number of alkyl halides is 1. The summed E-state index contributed by atoms with van der Waals surface area (Å²) in [6, 6.07) is 0. The van der Waals surface area contributed by atoms with Crippen molar-refractivity contribution in [3.05, 3.63) is 0 Å². The van der Waals surface area contributed by atoms with Gasteiger partial charge in [-0.3, -0.25) is 4.79 Å². The van der Waals surface area contributed by atoms with Crippen molar-refractivity contribution >= 4 is 21.9 Å². The normalized spacial score (nSPS) is 12.8. The summed E-state index contributed by atoms with van der Waals surface area (Å²) in [7, 11) is 0. The molecule has 0 saturated carbocycles. The Hall–Kier alpha value is -0.130. The molecule has 0 fully saturated rings. The molecule has 1 atom stereocenters. The second-order valence-electron chi connectivity index (χ2n) is 3.71. The SMILES string of the molecule is CCOC(CCCC(C)OC(=O)CBr)OCC. The minimum Gasteiger partial charge on any atom is -0.462 e. The number of hydrogen-bond acceptors (Lipinski definition) is 4. The second-order valence-corrected chi connectivity index (χ2v) is 4.27. The maximum Gasteiger partial charge on any atom is 0.316 e. The Morgan fingerprint density at radius 1 is 1.18 bits per heavy atom. The van der Waals surface area contributed by atoms with Crippen molar-refractivity contribution in [3.63, 3.8) is 0 Å². The standard InChI is InChI=1S/C12H23BrO4/c1-4-15-12(16-5-2)8-6-7-10(3)17-11(14)9-13/h10,12H,4-9H2,1-3H3. The lowest BCUT2D eigenvalue weighted by atomic mass is 10.1. The molecule has 0 N–H and O–H groups in total. The van der Waals surface area contributed by atoms with E-state index in [1.807, 2.05) is 20.8 Å². The summed E-state index contributed by atoms with van der Waals surface area (Å²) < 4.78 is 16.0. The van der Waals surface area contributed by atoms with Crippen LogP contribution in [0.4, 0.5) is 0 Å². The molecule has 5 heteroatoms. The lowest BCUT2D eigenvalue weighted by Crippen LogP contribution is -2.19. The minimum absolute atomic E-state index is 0.0519. The van der Waals surface area contributed by atoms with E-state index in [1.165, 1.54) is 0 Å². The highest BCUT2D eigenvalue weighted by atomic mass is 79.9. The number of halogens is 1. The molecule has 0 aliphatic heterocycles. The molecule has 0 aliphatic rings. The van der Waals surface area contributed by atoms with Crippen LogP contribution in [0.3, 0.4) is 0 Å². The van der Waals surface area contributed by atoms with E-state index < -0.39 is 0 Å². The van der Waals surface area contributed by atoms with Crippen molar-refractivity contribution in [1.29, 1.82) is 0 Å². The van der Waals surface area contributed by atoms with Crippen molar-refractivity contribution in [2.75, 3.05) is 18.5 Å². The van der Waals surface area contributed by atoms with Crippen molar-refractivity contribution in [3.8, 4) is 0 Å². The highest BCUT2D eigenvalue weighted by molar-refractivity contribution is 9.09. The van der Waals surface area contributed by atoms with E-state index in [1.54, 1.807) is 0 Å². The minimum atomic E-state index is -0.219. The zero-order chi connectivity index (χ0) is 13.1. The van der Waals surface area contributed by atoms with Crippen molar-refractivity contribution in [1.82, 2.24) is 0 Å². The van der Waals surface area contributed by atoms with E-state index in [9.17, 15) is 4.79 Å². The van der Waals surface area contributed by atoms with Gasteiger partial charge in [0.1, 0.15) is 5.33 Å². The van der Waals surface area contributed by atoms with E-state index in [2.05, 4.69) is 15.9 Å². The van der Waals surface area contributed by atoms with Gasteiger partial charge in [0.2, 0.25) is 0 Å². The summed E-state index contributed by atoms with van der Waals surface area (Å²) in [6.45, 7) is 7.10. The zero-order valence-electron chi connectivity index (χ0n) is 10.9. The van der Waals surface area contributed by atoms with Gasteiger partial charge in [-0.15, -0.1) is 0 Å². The Morgan fingerprint density at radius 2 is 1.76 bits per heavy atom. The summed E-state index contributed by atoms with van der Waals surface area (Å²) in [5.41, 5.74) is 0. The largest absolute Gasteiger partial charge is 0.462 e. The quantitative estimate of drug-likeness (QED) is 0.353. The summed E-state index contributed by atoms with van der Waals surface area (Å²) in [4.78, 5) is 11.0. The monoisotopic (exact) mass is 310 g/mol. The summed E-state index contributed by atoms with van der Waals surface area (Å²) in [6.07, 6.45) is 2.39. The van der Waals surface area contributed by atoms with Crippen LogP contribution in [-0.4, -0.2) is 36.9 Å². The maximum absolute atomic E-state index is 11.0. The molecule has 0 amide bonds. The Balaban J connectivity index is 3.67. The van der Waals surface area contributed by atoms with Crippen LogP contribution < -0.4 is 0 Å². The molecule has 17 heavy (non-hydrogen) atoms. The molecular weight excluding hydrogens is 288 g/mol. The number of esters is 1. The predicted octanol–water partition coefficient (Wildman–Crippen LogP) is 2.88. The molecule has 102 valence electrons. The third kappa shape index (κ3) is 9.56. The van der Waals surface area contributed by atoms with Crippen LogP contribution in [0, 0.1) is 0 Å². The lowest BCUT2D eigenvalue weighted by Gasteiger charge is -2.18. The molecule has 0 bridgehead atoms. The number of rotatable bonds is 10. The van der Waals surface area contributed by atoms with Crippen LogP contribution in [0.25, 0.3) is 0 Å². The molecule has 0 heterocycles. The molecule has 0 aliphatic carbocycles. The average molecular weight is 311 g/mol. The fourth-order valence-electron chi connectivity index (χ4n) is 1.47. The van der Waals surface area contributed by atoms with E-state index in [0.29, 0.717) is 13.2 Å². The summed E-state index contributed by atoms with van der Waals surface area (Å²) >= 11 is 3.06. The van der Waals surface area contributed by atoms with Crippen molar-refractivity contribution in [2.45, 2.75) is 52.4 Å². The first-order valence-corrected chi connectivity index (χ1v) is 7.24. The molecule has 0 spiro atoms. The fourth-order valence-corrected chi connectivity index (χ4v) is 1.61. The Kier molecular flexibility index (Phi) is 10.9. The van der Waals surface area contributed by atoms with Crippen LogP contribution in [0.1, 0.15) is 40.0 Å². The first kappa shape index (κ1) is 16.9. The van der Waals surface area contributed by atoms with Crippen LogP contribution in [-0.2, 0) is 19.0 Å². The third-order valence-corrected chi connectivity index (χ3v) is 2.66. The first-order chi connectivity index (χ1) is 8.13. The van der Waals surface area contributed by atoms with E-state index in [0.717, 1.165) is 19.3 Å². The molecule has 0 rings (SSSR count). The highest BCUT2D eigenvalue weighted by Gasteiger charge is 2.11. The van der Waals surface area contributed by atoms with Gasteiger partial charge in [-0.2, -0.15) is 0 Å². The van der Waals surface area contributed by atoms with Crippen LogP contribution >= 0.6 is 15.9 Å². The number of hydrogen-bond donors (Lipinski definition) is 0. The molecule has 0 aromatic rings. The molecule has 0 saturated heterocycles. The smallest absolute Gasteiger partial charge is 0.316 e. The van der Waals surface area contributed by atoms with Crippen molar-refractivity contribution in [2.24, 2.45) is 0 Å². The second kappa shape index (κ2) is 11.0. The number of carbonyl (C=O) groups is 1. The van der Waals surface area contributed by atoms with Gasteiger partial charge in [0, 0.05) is 13.2 Å². The van der Waals surface area contributed by atoms with Gasteiger partial charge < -0.3 is 14.2 Å². The molecule has 0 aromatic carbocycles. The van der Waals surface area contributed by atoms with Gasteiger partial charge in [-0.1, -0.05) is 15.9 Å². The van der Waals surface area contributed by atoms with Gasteiger partial charge in [0.25, 0.3) is 0 Å². The molecular formula is C12H23BrO4. The summed E-state index contributed by atoms with van der Waals surface area (Å²) in [5.74, 6) is -0.219. The fraction of sp³-hybridized carbons (Fsp3) is 0.917. The van der Waals surface area contributed by atoms with E-state index >= 15 is 0 Å². The average Bonchev–Trinajstić information content (AvgIpc) is 2.29. The Morgan fingerprint density at radius 3 is 2.24 bits per heavy atom. The van der Waals surface area contributed by atoms with Crippen molar-refractivity contribution < 1.29 is 19.0 Å². The van der Waals surface area contributed by atoms with E-state index in [-0.39, 0.29) is 23.7 Å². The van der Waals surface area contributed by atoms with E-state index in [4.69, 9.17) is 14.2 Å². The topological polar surface area (TPSA) is 44.8 Å². The van der Waals surface area contributed by atoms with Crippen LogP contribution in [0.15, 0.2) is 0 Å². The Bertz CT molecular complexity index is 193. The third-order valence-electron chi connectivity index (χ3n) is 2.20. The highest BCUT2D eigenvalue weighted by Crippen LogP contribution is 2.10. The maximum atomic E-state index is 11.0.